The molecule has 3 atom stereocenters. The van der Waals surface area contributed by atoms with Crippen molar-refractivity contribution >= 4 is 17.9 Å². The summed E-state index contributed by atoms with van der Waals surface area (Å²) in [6.07, 6.45) is 1.81. The maximum atomic E-state index is 13.3. The Morgan fingerprint density at radius 1 is 1.00 bits per heavy atom. The van der Waals surface area contributed by atoms with Crippen molar-refractivity contribution in [2.24, 2.45) is 0 Å². The number of amides is 3. The van der Waals surface area contributed by atoms with Crippen LogP contribution < -0.4 is 10.6 Å². The number of nitrogens with one attached hydrogen (secondary N) is 2. The number of alkyl carbamates (subject to hydrolysis) is 1. The van der Waals surface area contributed by atoms with Crippen molar-refractivity contribution in [1.82, 2.24) is 15.5 Å². The molecule has 0 aliphatic carbocycles. The van der Waals surface area contributed by atoms with Crippen LogP contribution in [0.1, 0.15) is 79.3 Å². The lowest BCUT2D eigenvalue weighted by Gasteiger charge is -2.34. The first kappa shape index (κ1) is 26.5. The summed E-state index contributed by atoms with van der Waals surface area (Å²) in [6, 6.07) is 7.64. The highest BCUT2D eigenvalue weighted by Crippen LogP contribution is 2.23. The Morgan fingerprint density at radius 3 is 2.13 bits per heavy atom. The predicted octanol–water partition coefficient (Wildman–Crippen LogP) is 4.18. The van der Waals surface area contributed by atoms with Crippen LogP contribution in [0.5, 0.6) is 0 Å². The van der Waals surface area contributed by atoms with Crippen LogP contribution in [0, 0.1) is 0 Å². The minimum Gasteiger partial charge on any atom is -0.444 e. The van der Waals surface area contributed by atoms with Gasteiger partial charge in [0.05, 0.1) is 0 Å². The van der Waals surface area contributed by atoms with E-state index in [2.05, 4.69) is 17.6 Å². The molecule has 0 radical (unpaired) electrons. The van der Waals surface area contributed by atoms with Crippen LogP contribution in [0.15, 0.2) is 30.3 Å². The molecule has 1 aromatic carbocycles. The largest absolute Gasteiger partial charge is 0.444 e. The fourth-order valence-corrected chi connectivity index (χ4v) is 3.34. The van der Waals surface area contributed by atoms with Crippen molar-refractivity contribution in [3.8, 4) is 0 Å². The van der Waals surface area contributed by atoms with Gasteiger partial charge in [0.15, 0.2) is 0 Å². The van der Waals surface area contributed by atoms with E-state index in [0.29, 0.717) is 13.0 Å². The molecule has 0 aliphatic heterocycles. The van der Waals surface area contributed by atoms with Crippen molar-refractivity contribution in [2.45, 2.75) is 91.5 Å². The molecule has 7 heteroatoms. The van der Waals surface area contributed by atoms with Gasteiger partial charge in [-0.3, -0.25) is 9.59 Å². The summed E-state index contributed by atoms with van der Waals surface area (Å²) in [7, 11) is 0. The molecule has 3 unspecified atom stereocenters. The SMILES string of the molecule is CCCC(C)NC(=O)C(c1ccccc1)N(CCC)C(=O)C(C)NC(=O)OC(C)(C)C. The van der Waals surface area contributed by atoms with E-state index in [0.717, 1.165) is 18.4 Å². The first-order valence-corrected chi connectivity index (χ1v) is 11.1. The van der Waals surface area contributed by atoms with E-state index < -0.39 is 23.8 Å². The van der Waals surface area contributed by atoms with Gasteiger partial charge in [0, 0.05) is 12.6 Å². The normalized spacial score (nSPS) is 14.2. The maximum Gasteiger partial charge on any atom is 0.408 e. The molecular weight excluding hydrogens is 394 g/mol. The molecule has 0 aliphatic rings. The average molecular weight is 434 g/mol. The van der Waals surface area contributed by atoms with E-state index in [1.807, 2.05) is 44.2 Å². The van der Waals surface area contributed by atoms with Crippen LogP contribution >= 0.6 is 0 Å². The summed E-state index contributed by atoms with van der Waals surface area (Å²) in [5.74, 6) is -0.557. The fraction of sp³-hybridized carbons (Fsp3) is 0.625. The molecule has 0 saturated carbocycles. The van der Waals surface area contributed by atoms with Gasteiger partial charge in [-0.05, 0) is 53.0 Å². The Balaban J connectivity index is 3.15. The number of nitrogens with zero attached hydrogens (tertiary/aromatic N) is 1. The second kappa shape index (κ2) is 12.3. The molecule has 174 valence electrons. The number of carbonyl (C=O) groups is 3. The molecule has 3 amide bonds. The van der Waals surface area contributed by atoms with Crippen LogP contribution in [0.2, 0.25) is 0 Å². The lowest BCUT2D eigenvalue weighted by atomic mass is 10.0. The molecule has 0 fully saturated rings. The Kier molecular flexibility index (Phi) is 10.5. The van der Waals surface area contributed by atoms with Gasteiger partial charge >= 0.3 is 6.09 Å². The standard InChI is InChI=1S/C24H39N3O4/c1-8-13-17(3)25-21(28)20(19-14-11-10-12-15-19)27(16-9-2)22(29)18(4)26-23(30)31-24(5,6)7/h10-12,14-15,17-18,20H,8-9,13,16H2,1-7H3,(H,25,28)(H,26,30). The van der Waals surface area contributed by atoms with Crippen molar-refractivity contribution in [3.05, 3.63) is 35.9 Å². The van der Waals surface area contributed by atoms with Crippen LogP contribution in [-0.4, -0.2) is 47.0 Å². The van der Waals surface area contributed by atoms with Crippen LogP contribution in [0.25, 0.3) is 0 Å². The summed E-state index contributed by atoms with van der Waals surface area (Å²) < 4.78 is 5.27. The Labute approximate surface area is 186 Å². The topological polar surface area (TPSA) is 87.7 Å². The molecule has 0 heterocycles. The minimum absolute atomic E-state index is 0.000368. The van der Waals surface area contributed by atoms with Gasteiger partial charge in [0.1, 0.15) is 17.7 Å². The zero-order valence-electron chi connectivity index (χ0n) is 20.0. The summed E-state index contributed by atoms with van der Waals surface area (Å²) in [5.41, 5.74) is 0.0626. The van der Waals surface area contributed by atoms with Gasteiger partial charge in [-0.2, -0.15) is 0 Å². The molecular formula is C24H39N3O4. The molecule has 1 rings (SSSR count). The number of rotatable bonds is 10. The van der Waals surface area contributed by atoms with E-state index in [-0.39, 0.29) is 17.9 Å². The van der Waals surface area contributed by atoms with Gasteiger partial charge in [-0.25, -0.2) is 4.79 Å². The molecule has 0 spiro atoms. The first-order chi connectivity index (χ1) is 14.5. The molecule has 2 N–H and O–H groups in total. The van der Waals surface area contributed by atoms with Gasteiger partial charge in [-0.15, -0.1) is 0 Å². The third-order valence-corrected chi connectivity index (χ3v) is 4.64. The molecule has 0 bridgehead atoms. The van der Waals surface area contributed by atoms with Crippen molar-refractivity contribution < 1.29 is 19.1 Å². The van der Waals surface area contributed by atoms with E-state index in [9.17, 15) is 14.4 Å². The van der Waals surface area contributed by atoms with E-state index in [1.165, 1.54) is 0 Å². The van der Waals surface area contributed by atoms with E-state index in [4.69, 9.17) is 4.74 Å². The minimum atomic E-state index is -0.839. The summed E-state index contributed by atoms with van der Waals surface area (Å²) >= 11 is 0. The number of carbonyl (C=O) groups excluding carboxylic acids is 3. The fourth-order valence-electron chi connectivity index (χ4n) is 3.34. The summed E-state index contributed by atoms with van der Waals surface area (Å²) in [4.78, 5) is 40.3. The Bertz CT molecular complexity index is 715. The van der Waals surface area contributed by atoms with Crippen LogP contribution in [0.3, 0.4) is 0 Å². The Morgan fingerprint density at radius 2 is 1.61 bits per heavy atom. The smallest absolute Gasteiger partial charge is 0.408 e. The highest BCUT2D eigenvalue weighted by molar-refractivity contribution is 5.92. The van der Waals surface area contributed by atoms with Crippen LogP contribution in [0.4, 0.5) is 4.79 Å². The number of hydrogen-bond acceptors (Lipinski definition) is 4. The molecule has 7 nitrogen and oxygen atoms in total. The van der Waals surface area contributed by atoms with Crippen molar-refractivity contribution in [1.29, 1.82) is 0 Å². The highest BCUT2D eigenvalue weighted by Gasteiger charge is 2.34. The number of ether oxygens (including phenoxy) is 1. The number of benzene rings is 1. The monoisotopic (exact) mass is 433 g/mol. The third kappa shape index (κ3) is 8.99. The number of hydrogen-bond donors (Lipinski definition) is 2. The van der Waals surface area contributed by atoms with Gasteiger partial charge in [-0.1, -0.05) is 50.6 Å². The molecule has 0 aromatic heterocycles. The summed E-state index contributed by atoms with van der Waals surface area (Å²) in [5, 5.41) is 5.64. The van der Waals surface area contributed by atoms with Crippen molar-refractivity contribution in [3.63, 3.8) is 0 Å². The molecule has 1 aromatic rings. The highest BCUT2D eigenvalue weighted by atomic mass is 16.6. The molecule has 31 heavy (non-hydrogen) atoms. The zero-order valence-corrected chi connectivity index (χ0v) is 20.0. The zero-order chi connectivity index (χ0) is 23.6. The van der Waals surface area contributed by atoms with E-state index in [1.54, 1.807) is 32.6 Å². The van der Waals surface area contributed by atoms with E-state index >= 15 is 0 Å². The van der Waals surface area contributed by atoms with Gasteiger partial charge in [0.25, 0.3) is 0 Å². The van der Waals surface area contributed by atoms with Crippen LogP contribution in [-0.2, 0) is 14.3 Å². The quantitative estimate of drug-likeness (QED) is 0.579. The second-order valence-electron chi connectivity index (χ2n) is 8.91. The van der Waals surface area contributed by atoms with Crippen molar-refractivity contribution in [2.75, 3.05) is 6.54 Å². The Hall–Kier alpha value is -2.57. The van der Waals surface area contributed by atoms with Gasteiger partial charge < -0.3 is 20.3 Å². The summed E-state index contributed by atoms with van der Waals surface area (Å²) in [6.45, 7) is 13.2. The predicted molar refractivity (Wildman–Crippen MR) is 123 cm³/mol. The molecule has 0 saturated heterocycles. The third-order valence-electron chi connectivity index (χ3n) is 4.64. The lowest BCUT2D eigenvalue weighted by molar-refractivity contribution is -0.142. The maximum absolute atomic E-state index is 13.3. The average Bonchev–Trinajstić information content (AvgIpc) is 2.66. The first-order valence-electron chi connectivity index (χ1n) is 11.1. The van der Waals surface area contributed by atoms with Gasteiger partial charge in [0.2, 0.25) is 11.8 Å². The lowest BCUT2D eigenvalue weighted by Crippen LogP contribution is -2.52. The second-order valence-corrected chi connectivity index (χ2v) is 8.91.